The molecule has 23 heavy (non-hydrogen) atoms. The van der Waals surface area contributed by atoms with Crippen molar-refractivity contribution in [2.75, 3.05) is 5.32 Å². The van der Waals surface area contributed by atoms with Crippen LogP contribution < -0.4 is 5.32 Å². The maximum Gasteiger partial charge on any atom is 0.224 e. The fourth-order valence-electron chi connectivity index (χ4n) is 3.12. The van der Waals surface area contributed by atoms with Gasteiger partial charge >= 0.3 is 0 Å². The smallest absolute Gasteiger partial charge is 0.224 e. The number of hydrogen-bond acceptors (Lipinski definition) is 4. The van der Waals surface area contributed by atoms with Crippen LogP contribution in [-0.2, 0) is 11.3 Å². The number of benzene rings is 1. The number of rotatable bonds is 4. The molecule has 0 radical (unpaired) electrons. The fourth-order valence-corrected chi connectivity index (χ4v) is 3.30. The van der Waals surface area contributed by atoms with Gasteiger partial charge in [0.15, 0.2) is 0 Å². The summed E-state index contributed by atoms with van der Waals surface area (Å²) in [7, 11) is 0. The Kier molecular flexibility index (Phi) is 3.74. The molecular weight excluding hydrogens is 310 g/mol. The number of nitrogens with zero attached hydrogens (tertiary/aromatic N) is 2. The van der Waals surface area contributed by atoms with E-state index in [4.69, 9.17) is 16.3 Å². The number of ether oxygens (including phenoxy) is 1. The number of fused-ring (bicyclic) bond motifs is 1. The maximum atomic E-state index is 6.17. The number of anilines is 1. The average Bonchev–Trinajstić information content (AvgIpc) is 3.29. The molecule has 2 aliphatic rings. The molecule has 4 rings (SSSR count). The molecule has 0 amide bonds. The Balaban J connectivity index is 1.67. The Morgan fingerprint density at radius 1 is 1.22 bits per heavy atom. The van der Waals surface area contributed by atoms with Crippen molar-refractivity contribution in [1.82, 2.24) is 9.97 Å². The molecule has 2 heterocycles. The minimum absolute atomic E-state index is 0.164. The van der Waals surface area contributed by atoms with Gasteiger partial charge in [-0.1, -0.05) is 29.8 Å². The van der Waals surface area contributed by atoms with Crippen LogP contribution in [0.15, 0.2) is 24.3 Å². The van der Waals surface area contributed by atoms with Gasteiger partial charge in [0.1, 0.15) is 11.9 Å². The average molecular weight is 330 g/mol. The highest BCUT2D eigenvalue weighted by Crippen LogP contribution is 2.40. The van der Waals surface area contributed by atoms with Gasteiger partial charge in [-0.2, -0.15) is 0 Å². The number of aromatic nitrogens is 2. The van der Waals surface area contributed by atoms with Crippen molar-refractivity contribution in [1.29, 1.82) is 0 Å². The summed E-state index contributed by atoms with van der Waals surface area (Å²) in [5.74, 6) is 1.57. The summed E-state index contributed by atoms with van der Waals surface area (Å²) < 4.78 is 6.00. The fraction of sp³-hybridized carbons (Fsp3) is 0.444. The first kappa shape index (κ1) is 14.9. The minimum Gasteiger partial charge on any atom is -0.367 e. The van der Waals surface area contributed by atoms with Crippen LogP contribution in [0.2, 0.25) is 5.28 Å². The van der Waals surface area contributed by atoms with Crippen molar-refractivity contribution in [2.24, 2.45) is 5.92 Å². The molecule has 0 bridgehead atoms. The molecule has 1 N–H and O–H groups in total. The van der Waals surface area contributed by atoms with Gasteiger partial charge in [-0.15, -0.1) is 0 Å². The Labute approximate surface area is 141 Å². The molecule has 0 spiro atoms. The van der Waals surface area contributed by atoms with Crippen molar-refractivity contribution in [3.05, 3.63) is 51.9 Å². The summed E-state index contributed by atoms with van der Waals surface area (Å²) in [6.45, 7) is 4.80. The van der Waals surface area contributed by atoms with Crippen molar-refractivity contribution in [3.8, 4) is 0 Å². The van der Waals surface area contributed by atoms with Crippen LogP contribution >= 0.6 is 11.6 Å². The lowest BCUT2D eigenvalue weighted by Crippen LogP contribution is -2.19. The second-order valence-corrected chi connectivity index (χ2v) is 6.92. The largest absolute Gasteiger partial charge is 0.367 e. The SMILES string of the molecule is Cc1ccc(C2OCc3c(N[C@H](C)C4CC4)nc(Cl)nc32)cc1. The molecule has 1 unspecified atom stereocenters. The van der Waals surface area contributed by atoms with Crippen molar-refractivity contribution < 1.29 is 4.74 Å². The molecule has 1 aromatic carbocycles. The molecule has 1 fully saturated rings. The van der Waals surface area contributed by atoms with Gasteiger partial charge in [0.2, 0.25) is 5.28 Å². The van der Waals surface area contributed by atoms with Crippen molar-refractivity contribution >= 4 is 17.4 Å². The normalized spacial score (nSPS) is 21.1. The molecule has 1 aromatic heterocycles. The third-order valence-electron chi connectivity index (χ3n) is 4.73. The second kappa shape index (κ2) is 5.77. The Bertz CT molecular complexity index is 728. The summed E-state index contributed by atoms with van der Waals surface area (Å²) in [6, 6.07) is 8.76. The van der Waals surface area contributed by atoms with E-state index in [0.29, 0.717) is 12.6 Å². The van der Waals surface area contributed by atoms with E-state index in [-0.39, 0.29) is 11.4 Å². The number of nitrogens with one attached hydrogen (secondary N) is 1. The van der Waals surface area contributed by atoms with E-state index in [9.17, 15) is 0 Å². The van der Waals surface area contributed by atoms with Crippen LogP contribution in [-0.4, -0.2) is 16.0 Å². The summed E-state index contributed by atoms with van der Waals surface area (Å²) in [5.41, 5.74) is 4.26. The predicted octanol–water partition coefficient (Wildman–Crippen LogP) is 4.27. The highest BCUT2D eigenvalue weighted by Gasteiger charge is 2.33. The molecule has 120 valence electrons. The zero-order valence-corrected chi connectivity index (χ0v) is 14.1. The Morgan fingerprint density at radius 3 is 2.65 bits per heavy atom. The van der Waals surface area contributed by atoms with E-state index in [1.807, 2.05) is 0 Å². The van der Waals surface area contributed by atoms with Gasteiger partial charge in [0.05, 0.1) is 12.3 Å². The molecule has 2 aromatic rings. The van der Waals surface area contributed by atoms with Crippen molar-refractivity contribution in [3.63, 3.8) is 0 Å². The molecule has 1 aliphatic heterocycles. The van der Waals surface area contributed by atoms with Gasteiger partial charge < -0.3 is 10.1 Å². The van der Waals surface area contributed by atoms with E-state index in [1.54, 1.807) is 0 Å². The molecule has 5 heteroatoms. The lowest BCUT2D eigenvalue weighted by atomic mass is 10.0. The molecule has 1 aliphatic carbocycles. The molecule has 0 saturated heterocycles. The van der Waals surface area contributed by atoms with Gasteiger partial charge in [0, 0.05) is 11.6 Å². The van der Waals surface area contributed by atoms with Gasteiger partial charge in [-0.05, 0) is 49.8 Å². The van der Waals surface area contributed by atoms with Gasteiger partial charge in [0.25, 0.3) is 0 Å². The first-order chi connectivity index (χ1) is 11.1. The number of aryl methyl sites for hydroxylation is 1. The maximum absolute atomic E-state index is 6.17. The van der Waals surface area contributed by atoms with Gasteiger partial charge in [-0.3, -0.25) is 0 Å². The van der Waals surface area contributed by atoms with Crippen LogP contribution in [0.25, 0.3) is 0 Å². The lowest BCUT2D eigenvalue weighted by molar-refractivity contribution is 0.0924. The Hall–Kier alpha value is -1.65. The van der Waals surface area contributed by atoms with Crippen LogP contribution in [0.1, 0.15) is 48.3 Å². The van der Waals surface area contributed by atoms with E-state index in [0.717, 1.165) is 28.6 Å². The van der Waals surface area contributed by atoms with Crippen LogP contribution in [0.4, 0.5) is 5.82 Å². The molecule has 1 saturated carbocycles. The van der Waals surface area contributed by atoms with E-state index < -0.39 is 0 Å². The number of halogens is 1. The monoisotopic (exact) mass is 329 g/mol. The van der Waals surface area contributed by atoms with E-state index in [2.05, 4.69) is 53.4 Å². The predicted molar refractivity (Wildman–Crippen MR) is 90.7 cm³/mol. The standard InChI is InChI=1S/C18H20ClN3O/c1-10-3-5-13(6-4-10)16-15-14(9-23-16)17(22-18(19)21-15)20-11(2)12-7-8-12/h3-6,11-12,16H,7-9H2,1-2H3,(H,20,21,22)/t11-,16?/m1/s1. The van der Waals surface area contributed by atoms with Crippen molar-refractivity contribution in [2.45, 2.75) is 45.4 Å². The minimum atomic E-state index is -0.164. The van der Waals surface area contributed by atoms with Crippen LogP contribution in [0, 0.1) is 12.8 Å². The summed E-state index contributed by atoms with van der Waals surface area (Å²) in [5, 5.41) is 3.79. The van der Waals surface area contributed by atoms with Crippen LogP contribution in [0.3, 0.4) is 0 Å². The molecule has 4 nitrogen and oxygen atoms in total. The first-order valence-electron chi connectivity index (χ1n) is 8.13. The third-order valence-corrected chi connectivity index (χ3v) is 4.90. The van der Waals surface area contributed by atoms with E-state index in [1.165, 1.54) is 18.4 Å². The van der Waals surface area contributed by atoms with Gasteiger partial charge in [-0.25, -0.2) is 9.97 Å². The highest BCUT2D eigenvalue weighted by atomic mass is 35.5. The zero-order valence-electron chi connectivity index (χ0n) is 13.3. The van der Waals surface area contributed by atoms with E-state index >= 15 is 0 Å². The Morgan fingerprint density at radius 2 is 1.96 bits per heavy atom. The summed E-state index contributed by atoms with van der Waals surface area (Å²) in [6.07, 6.45) is 2.41. The lowest BCUT2D eigenvalue weighted by Gasteiger charge is -2.16. The highest BCUT2D eigenvalue weighted by molar-refractivity contribution is 6.28. The topological polar surface area (TPSA) is 47.0 Å². The molecular formula is C18H20ClN3O. The summed E-state index contributed by atoms with van der Waals surface area (Å²) in [4.78, 5) is 8.85. The second-order valence-electron chi connectivity index (χ2n) is 6.58. The quantitative estimate of drug-likeness (QED) is 0.851. The number of hydrogen-bond donors (Lipinski definition) is 1. The first-order valence-corrected chi connectivity index (χ1v) is 8.50. The van der Waals surface area contributed by atoms with Crippen LogP contribution in [0.5, 0.6) is 0 Å². The zero-order chi connectivity index (χ0) is 16.0. The third kappa shape index (κ3) is 2.93. The molecule has 2 atom stereocenters. The summed E-state index contributed by atoms with van der Waals surface area (Å²) >= 11 is 6.17.